The summed E-state index contributed by atoms with van der Waals surface area (Å²) < 4.78 is 5.74. The van der Waals surface area contributed by atoms with E-state index in [4.69, 9.17) is 4.74 Å². The number of likely N-dealkylation sites (N-methyl/N-ethyl adjacent to an activating group) is 1. The van der Waals surface area contributed by atoms with Gasteiger partial charge in [0.15, 0.2) is 0 Å². The van der Waals surface area contributed by atoms with Crippen LogP contribution >= 0.6 is 0 Å². The molecule has 0 radical (unpaired) electrons. The molecule has 1 aliphatic heterocycles. The minimum absolute atomic E-state index is 0.430. The van der Waals surface area contributed by atoms with Crippen molar-refractivity contribution in [3.8, 4) is 0 Å². The molecule has 1 N–H and O–H groups in total. The fourth-order valence-electron chi connectivity index (χ4n) is 2.15. The summed E-state index contributed by atoms with van der Waals surface area (Å²) in [5.41, 5.74) is 1.25. The van der Waals surface area contributed by atoms with Gasteiger partial charge in [-0.3, -0.25) is 4.90 Å². The maximum absolute atomic E-state index is 5.74. The van der Waals surface area contributed by atoms with Crippen LogP contribution in [0.4, 0.5) is 0 Å². The number of ether oxygens (including phenoxy) is 1. The fraction of sp³-hybridized carbons (Fsp3) is 0.857. The van der Waals surface area contributed by atoms with E-state index in [-0.39, 0.29) is 0 Å². The molecule has 3 heteroatoms. The summed E-state index contributed by atoms with van der Waals surface area (Å²) in [5, 5.41) is 3.40. The highest BCUT2D eigenvalue weighted by molar-refractivity contribution is 4.99. The average molecular weight is 240 g/mol. The van der Waals surface area contributed by atoms with Crippen molar-refractivity contribution in [2.24, 2.45) is 0 Å². The van der Waals surface area contributed by atoms with Crippen LogP contribution in [0, 0.1) is 0 Å². The molecule has 1 aliphatic rings. The standard InChI is InChI=1S/C14H28N2O/c1-12(2)15-9-13(3)10-16(4)11-14-7-5-6-8-17-14/h12,14-15H,3,5-11H2,1-2,4H3. The Balaban J connectivity index is 2.14. The maximum atomic E-state index is 5.74. The van der Waals surface area contributed by atoms with E-state index in [0.717, 1.165) is 26.2 Å². The largest absolute Gasteiger partial charge is 0.377 e. The lowest BCUT2D eigenvalue weighted by atomic mass is 10.1. The second-order valence-corrected chi connectivity index (χ2v) is 5.47. The van der Waals surface area contributed by atoms with E-state index >= 15 is 0 Å². The summed E-state index contributed by atoms with van der Waals surface area (Å²) >= 11 is 0. The molecule has 0 amide bonds. The number of hydrogen-bond donors (Lipinski definition) is 1. The third-order valence-electron chi connectivity index (χ3n) is 3.04. The molecule has 1 rings (SSSR count). The number of nitrogens with zero attached hydrogens (tertiary/aromatic N) is 1. The zero-order valence-electron chi connectivity index (χ0n) is 11.7. The van der Waals surface area contributed by atoms with E-state index in [0.29, 0.717) is 12.1 Å². The molecule has 1 saturated heterocycles. The Kier molecular flexibility index (Phi) is 6.78. The number of hydrogen-bond acceptors (Lipinski definition) is 3. The predicted octanol–water partition coefficient (Wildman–Crippen LogP) is 2.04. The van der Waals surface area contributed by atoms with E-state index in [1.165, 1.54) is 24.8 Å². The van der Waals surface area contributed by atoms with Gasteiger partial charge in [-0.15, -0.1) is 0 Å². The summed E-state index contributed by atoms with van der Waals surface area (Å²) in [7, 11) is 2.15. The van der Waals surface area contributed by atoms with E-state index in [2.05, 4.69) is 37.7 Å². The summed E-state index contributed by atoms with van der Waals surface area (Å²) in [6.45, 7) is 12.3. The first-order chi connectivity index (χ1) is 8.08. The monoisotopic (exact) mass is 240 g/mol. The second kappa shape index (κ2) is 7.85. The minimum atomic E-state index is 0.430. The van der Waals surface area contributed by atoms with E-state index in [9.17, 15) is 0 Å². The SMILES string of the molecule is C=C(CNC(C)C)CN(C)CC1CCCCO1. The predicted molar refractivity (Wildman–Crippen MR) is 73.4 cm³/mol. The molecule has 0 aliphatic carbocycles. The summed E-state index contributed by atoms with van der Waals surface area (Å²) in [6.07, 6.45) is 4.18. The Labute approximate surface area is 106 Å². The van der Waals surface area contributed by atoms with Crippen LogP contribution in [0.2, 0.25) is 0 Å². The Morgan fingerprint density at radius 1 is 1.47 bits per heavy atom. The van der Waals surface area contributed by atoms with Crippen LogP contribution in [0.15, 0.2) is 12.2 Å². The lowest BCUT2D eigenvalue weighted by molar-refractivity contribution is -0.000176. The molecular formula is C14H28N2O. The summed E-state index contributed by atoms with van der Waals surface area (Å²) in [5.74, 6) is 0. The molecule has 0 bridgehead atoms. The highest BCUT2D eigenvalue weighted by Gasteiger charge is 2.15. The van der Waals surface area contributed by atoms with Crippen LogP contribution in [0.3, 0.4) is 0 Å². The van der Waals surface area contributed by atoms with Crippen molar-refractivity contribution in [3.63, 3.8) is 0 Å². The lowest BCUT2D eigenvalue weighted by Crippen LogP contribution is -2.36. The van der Waals surface area contributed by atoms with Gasteiger partial charge < -0.3 is 10.1 Å². The molecule has 1 fully saturated rings. The summed E-state index contributed by atoms with van der Waals surface area (Å²) in [6, 6.07) is 0.527. The number of nitrogens with one attached hydrogen (secondary N) is 1. The van der Waals surface area contributed by atoms with Crippen molar-refractivity contribution < 1.29 is 4.74 Å². The zero-order chi connectivity index (χ0) is 12.7. The van der Waals surface area contributed by atoms with Gasteiger partial charge in [0.05, 0.1) is 6.10 Å². The molecule has 1 heterocycles. The molecule has 100 valence electrons. The van der Waals surface area contributed by atoms with E-state index in [1.54, 1.807) is 0 Å². The van der Waals surface area contributed by atoms with Crippen molar-refractivity contribution in [2.75, 3.05) is 33.3 Å². The number of rotatable bonds is 7. The van der Waals surface area contributed by atoms with Crippen LogP contribution < -0.4 is 5.32 Å². The smallest absolute Gasteiger partial charge is 0.0702 e. The first-order valence-corrected chi connectivity index (χ1v) is 6.78. The van der Waals surface area contributed by atoms with Gasteiger partial charge in [0, 0.05) is 32.3 Å². The molecule has 0 aromatic carbocycles. The highest BCUT2D eigenvalue weighted by atomic mass is 16.5. The van der Waals surface area contributed by atoms with Gasteiger partial charge in [0.25, 0.3) is 0 Å². The first kappa shape index (κ1) is 14.7. The van der Waals surface area contributed by atoms with Gasteiger partial charge in [-0.1, -0.05) is 20.4 Å². The van der Waals surface area contributed by atoms with E-state index in [1.807, 2.05) is 0 Å². The third kappa shape index (κ3) is 6.81. The van der Waals surface area contributed by atoms with Crippen molar-refractivity contribution >= 4 is 0 Å². The van der Waals surface area contributed by atoms with Crippen LogP contribution in [-0.4, -0.2) is 50.3 Å². The molecule has 0 aromatic rings. The minimum Gasteiger partial charge on any atom is -0.377 e. The second-order valence-electron chi connectivity index (χ2n) is 5.47. The molecule has 1 atom stereocenters. The van der Waals surface area contributed by atoms with Gasteiger partial charge in [-0.25, -0.2) is 0 Å². The molecule has 1 unspecified atom stereocenters. The normalized spacial score (nSPS) is 21.1. The Morgan fingerprint density at radius 3 is 2.82 bits per heavy atom. The third-order valence-corrected chi connectivity index (χ3v) is 3.04. The van der Waals surface area contributed by atoms with Gasteiger partial charge >= 0.3 is 0 Å². The van der Waals surface area contributed by atoms with Crippen LogP contribution in [-0.2, 0) is 4.74 Å². The van der Waals surface area contributed by atoms with Gasteiger partial charge in [0.1, 0.15) is 0 Å². The molecule has 0 saturated carbocycles. The molecule has 17 heavy (non-hydrogen) atoms. The van der Waals surface area contributed by atoms with Gasteiger partial charge in [0.2, 0.25) is 0 Å². The Bertz CT molecular complexity index is 222. The van der Waals surface area contributed by atoms with Crippen molar-refractivity contribution in [1.29, 1.82) is 0 Å². The van der Waals surface area contributed by atoms with Crippen LogP contribution in [0.25, 0.3) is 0 Å². The van der Waals surface area contributed by atoms with Crippen molar-refractivity contribution in [3.05, 3.63) is 12.2 Å². The van der Waals surface area contributed by atoms with Gasteiger partial charge in [-0.2, -0.15) is 0 Å². The molecular weight excluding hydrogens is 212 g/mol. The molecule has 3 nitrogen and oxygen atoms in total. The Morgan fingerprint density at radius 2 is 2.24 bits per heavy atom. The average Bonchev–Trinajstić information content (AvgIpc) is 2.27. The van der Waals surface area contributed by atoms with E-state index < -0.39 is 0 Å². The first-order valence-electron chi connectivity index (χ1n) is 6.78. The van der Waals surface area contributed by atoms with Crippen LogP contribution in [0.5, 0.6) is 0 Å². The fourth-order valence-corrected chi connectivity index (χ4v) is 2.15. The maximum Gasteiger partial charge on any atom is 0.0702 e. The Hall–Kier alpha value is -0.380. The van der Waals surface area contributed by atoms with Crippen molar-refractivity contribution in [1.82, 2.24) is 10.2 Å². The topological polar surface area (TPSA) is 24.5 Å². The lowest BCUT2D eigenvalue weighted by Gasteiger charge is -2.28. The quantitative estimate of drug-likeness (QED) is 0.689. The highest BCUT2D eigenvalue weighted by Crippen LogP contribution is 2.13. The molecule has 0 spiro atoms. The zero-order valence-corrected chi connectivity index (χ0v) is 11.7. The van der Waals surface area contributed by atoms with Crippen molar-refractivity contribution in [2.45, 2.75) is 45.3 Å². The van der Waals surface area contributed by atoms with Gasteiger partial charge in [-0.05, 0) is 31.9 Å². The summed E-state index contributed by atoms with van der Waals surface area (Å²) in [4.78, 5) is 2.32. The molecule has 0 aromatic heterocycles. The van der Waals surface area contributed by atoms with Crippen LogP contribution in [0.1, 0.15) is 33.1 Å².